The normalized spacial score (nSPS) is 23.3. The first-order chi connectivity index (χ1) is 18.6. The first kappa shape index (κ1) is 27.8. The Labute approximate surface area is 238 Å². The van der Waals surface area contributed by atoms with Gasteiger partial charge in [-0.25, -0.2) is 4.99 Å². The summed E-state index contributed by atoms with van der Waals surface area (Å²) in [6, 6.07) is 13.4. The summed E-state index contributed by atoms with van der Waals surface area (Å²) in [6.45, 7) is 19.7. The van der Waals surface area contributed by atoms with Crippen LogP contribution in [0.3, 0.4) is 0 Å². The van der Waals surface area contributed by atoms with Crippen molar-refractivity contribution >= 4 is 46.0 Å². The monoisotopic (exact) mass is 546 g/mol. The highest BCUT2D eigenvalue weighted by Gasteiger charge is 2.38. The molecule has 0 N–H and O–H groups in total. The van der Waals surface area contributed by atoms with Gasteiger partial charge in [-0.05, 0) is 125 Å². The van der Waals surface area contributed by atoms with Gasteiger partial charge in [0.2, 0.25) is 0 Å². The number of morpholine rings is 1. The van der Waals surface area contributed by atoms with Gasteiger partial charge < -0.3 is 14.5 Å². The molecular weight excluding hydrogens is 504 g/mol. The van der Waals surface area contributed by atoms with E-state index in [1.54, 1.807) is 4.90 Å². The van der Waals surface area contributed by atoms with Crippen LogP contribution in [0.4, 0.5) is 17.1 Å². The Bertz CT molecular complexity index is 1290. The van der Waals surface area contributed by atoms with Gasteiger partial charge in [-0.1, -0.05) is 6.92 Å². The molecule has 3 aliphatic rings. The fourth-order valence-electron chi connectivity index (χ4n) is 6.43. The minimum absolute atomic E-state index is 0.0290. The molecule has 0 spiro atoms. The number of carbonyl (C=O) groups excluding carboxylic acids is 1. The number of aliphatic imine (C=N–C) groups is 1. The van der Waals surface area contributed by atoms with Gasteiger partial charge in [0.25, 0.3) is 5.91 Å². The second-order valence-electron chi connectivity index (χ2n) is 11.8. The maximum absolute atomic E-state index is 13.4. The number of ether oxygens (including phenoxy) is 1. The molecule has 0 radical (unpaired) electrons. The second-order valence-corrected chi connectivity index (χ2v) is 12.8. The molecule has 0 bridgehead atoms. The third-order valence-corrected chi connectivity index (χ3v) is 9.13. The first-order valence-corrected chi connectivity index (χ1v) is 15.1. The molecular formula is C32H42N4O2S. The van der Waals surface area contributed by atoms with E-state index in [-0.39, 0.29) is 11.4 Å². The van der Waals surface area contributed by atoms with Crippen molar-refractivity contribution in [3.63, 3.8) is 0 Å². The van der Waals surface area contributed by atoms with Gasteiger partial charge in [-0.15, -0.1) is 0 Å². The molecule has 3 heterocycles. The van der Waals surface area contributed by atoms with Crippen molar-refractivity contribution in [2.24, 2.45) is 4.99 Å². The van der Waals surface area contributed by atoms with Crippen LogP contribution in [0.5, 0.6) is 0 Å². The second kappa shape index (κ2) is 11.0. The van der Waals surface area contributed by atoms with E-state index in [2.05, 4.69) is 81.7 Å². The Balaban J connectivity index is 1.43. The fraction of sp³-hybridized carbons (Fsp3) is 0.500. The van der Waals surface area contributed by atoms with Crippen LogP contribution in [0, 0.1) is 6.92 Å². The number of thioether (sulfide) groups is 1. The Morgan fingerprint density at radius 3 is 2.49 bits per heavy atom. The Kier molecular flexibility index (Phi) is 7.84. The zero-order valence-electron chi connectivity index (χ0n) is 24.5. The number of rotatable bonds is 5. The van der Waals surface area contributed by atoms with Crippen molar-refractivity contribution in [1.29, 1.82) is 0 Å². The quantitative estimate of drug-likeness (QED) is 0.380. The van der Waals surface area contributed by atoms with Crippen molar-refractivity contribution in [2.75, 3.05) is 42.6 Å². The van der Waals surface area contributed by atoms with E-state index in [1.807, 2.05) is 19.1 Å². The Morgan fingerprint density at radius 1 is 1.15 bits per heavy atom. The molecule has 2 saturated heterocycles. The summed E-state index contributed by atoms with van der Waals surface area (Å²) in [4.78, 5) is 25.7. The SMILES string of the molecule is CCN1C(=O)/C(=C/c2cc3c(cc2C)N(C(C)C)C(C)(C)C[C@@H]3C)SC1=Nc1ccc(N2CCOCC2)cc1. The van der Waals surface area contributed by atoms with Gasteiger partial charge in [0.15, 0.2) is 5.17 Å². The van der Waals surface area contributed by atoms with Crippen LogP contribution in [-0.2, 0) is 9.53 Å². The van der Waals surface area contributed by atoms with E-state index in [1.165, 1.54) is 34.3 Å². The van der Waals surface area contributed by atoms with Crippen molar-refractivity contribution in [2.45, 2.75) is 72.4 Å². The molecule has 6 nitrogen and oxygen atoms in total. The molecule has 2 aromatic rings. The maximum Gasteiger partial charge on any atom is 0.266 e. The van der Waals surface area contributed by atoms with E-state index < -0.39 is 0 Å². The molecule has 0 saturated carbocycles. The predicted molar refractivity (Wildman–Crippen MR) is 165 cm³/mol. The van der Waals surface area contributed by atoms with E-state index in [0.717, 1.165) is 54.0 Å². The number of nitrogens with zero attached hydrogens (tertiary/aromatic N) is 4. The minimum atomic E-state index is 0.0290. The number of amides is 1. The van der Waals surface area contributed by atoms with Crippen LogP contribution in [0.1, 0.15) is 70.6 Å². The van der Waals surface area contributed by atoms with E-state index in [9.17, 15) is 4.79 Å². The standard InChI is InChI=1S/C32H42N4O2S/c1-8-35-30(37)29(39-31(35)33-25-9-11-26(12-10-25)34-13-15-38-16-14-34)19-24-18-27-23(5)20-32(6,7)36(21(2)3)28(27)17-22(24)4/h9-12,17-19,21,23H,8,13-16,20H2,1-7H3/b29-19-,33-31?/t23-/m0/s1. The lowest BCUT2D eigenvalue weighted by Gasteiger charge is -2.50. The van der Waals surface area contributed by atoms with Gasteiger partial charge in [0.05, 0.1) is 23.8 Å². The number of hydrogen-bond donors (Lipinski definition) is 0. The summed E-state index contributed by atoms with van der Waals surface area (Å²) < 4.78 is 5.47. The lowest BCUT2D eigenvalue weighted by molar-refractivity contribution is -0.122. The number of amidine groups is 1. The summed E-state index contributed by atoms with van der Waals surface area (Å²) in [6.07, 6.45) is 3.18. The smallest absolute Gasteiger partial charge is 0.266 e. The summed E-state index contributed by atoms with van der Waals surface area (Å²) in [5.41, 5.74) is 7.16. The summed E-state index contributed by atoms with van der Waals surface area (Å²) >= 11 is 1.48. The van der Waals surface area contributed by atoms with Gasteiger partial charge in [-0.2, -0.15) is 0 Å². The van der Waals surface area contributed by atoms with Crippen LogP contribution in [-0.4, -0.2) is 60.4 Å². The fourth-order valence-corrected chi connectivity index (χ4v) is 7.48. The number of likely N-dealkylation sites (N-methyl/N-ethyl adjacent to an activating group) is 1. The molecule has 39 heavy (non-hydrogen) atoms. The van der Waals surface area contributed by atoms with Gasteiger partial charge in [-0.3, -0.25) is 9.69 Å². The van der Waals surface area contributed by atoms with Crippen LogP contribution in [0.15, 0.2) is 46.3 Å². The predicted octanol–water partition coefficient (Wildman–Crippen LogP) is 6.96. The number of benzene rings is 2. The summed E-state index contributed by atoms with van der Waals surface area (Å²) in [5, 5.41) is 0.740. The highest BCUT2D eigenvalue weighted by molar-refractivity contribution is 8.18. The number of carbonyl (C=O) groups is 1. The van der Waals surface area contributed by atoms with Crippen molar-refractivity contribution in [1.82, 2.24) is 4.90 Å². The Morgan fingerprint density at radius 2 is 1.85 bits per heavy atom. The molecule has 2 aromatic carbocycles. The summed E-state index contributed by atoms with van der Waals surface area (Å²) in [7, 11) is 0. The average molecular weight is 547 g/mol. The molecule has 7 heteroatoms. The van der Waals surface area contributed by atoms with Gasteiger partial charge in [0.1, 0.15) is 0 Å². The van der Waals surface area contributed by atoms with Gasteiger partial charge in [0, 0.05) is 42.6 Å². The maximum atomic E-state index is 13.4. The van der Waals surface area contributed by atoms with E-state index >= 15 is 0 Å². The van der Waals surface area contributed by atoms with Crippen molar-refractivity contribution in [3.8, 4) is 0 Å². The third kappa shape index (κ3) is 5.48. The number of hydrogen-bond acceptors (Lipinski definition) is 6. The number of aryl methyl sites for hydroxylation is 1. The van der Waals surface area contributed by atoms with Gasteiger partial charge >= 0.3 is 0 Å². The molecule has 1 amide bonds. The van der Waals surface area contributed by atoms with Crippen molar-refractivity contribution < 1.29 is 9.53 Å². The highest BCUT2D eigenvalue weighted by atomic mass is 32.2. The van der Waals surface area contributed by atoms with Crippen LogP contribution < -0.4 is 9.80 Å². The van der Waals surface area contributed by atoms with Crippen LogP contribution in [0.25, 0.3) is 6.08 Å². The van der Waals surface area contributed by atoms with Crippen molar-refractivity contribution in [3.05, 3.63) is 58.0 Å². The lowest BCUT2D eigenvalue weighted by atomic mass is 9.78. The largest absolute Gasteiger partial charge is 0.378 e. The third-order valence-electron chi connectivity index (χ3n) is 8.12. The zero-order chi connectivity index (χ0) is 27.9. The molecule has 5 rings (SSSR count). The average Bonchev–Trinajstić information content (AvgIpc) is 3.18. The molecule has 0 aromatic heterocycles. The highest BCUT2D eigenvalue weighted by Crippen LogP contribution is 2.46. The molecule has 208 valence electrons. The first-order valence-electron chi connectivity index (χ1n) is 14.3. The number of fused-ring (bicyclic) bond motifs is 1. The lowest BCUT2D eigenvalue weighted by Crippen LogP contribution is -2.51. The van der Waals surface area contributed by atoms with Crippen LogP contribution >= 0.6 is 11.8 Å². The topological polar surface area (TPSA) is 48.4 Å². The van der Waals surface area contributed by atoms with Crippen LogP contribution in [0.2, 0.25) is 0 Å². The summed E-state index contributed by atoms with van der Waals surface area (Å²) in [5.74, 6) is 0.487. The number of anilines is 2. The zero-order valence-corrected chi connectivity index (χ0v) is 25.3. The molecule has 0 unspecified atom stereocenters. The van der Waals surface area contributed by atoms with E-state index in [0.29, 0.717) is 18.5 Å². The molecule has 3 aliphatic heterocycles. The minimum Gasteiger partial charge on any atom is -0.378 e. The molecule has 0 aliphatic carbocycles. The molecule has 1 atom stereocenters. The van der Waals surface area contributed by atoms with E-state index in [4.69, 9.17) is 9.73 Å². The Hall–Kier alpha value is -2.77. The molecule has 2 fully saturated rings.